The maximum absolute atomic E-state index is 14.4. The molecule has 1 amide bonds. The van der Waals surface area contributed by atoms with Gasteiger partial charge in [-0.1, -0.05) is 18.2 Å². The third kappa shape index (κ3) is 4.37. The molecule has 0 radical (unpaired) electrons. The van der Waals surface area contributed by atoms with Crippen LogP contribution in [0.3, 0.4) is 0 Å². The summed E-state index contributed by atoms with van der Waals surface area (Å²) in [6.45, 7) is 10.6. The molecule has 0 saturated carbocycles. The smallest absolute Gasteiger partial charge is 0.408 e. The van der Waals surface area contributed by atoms with E-state index in [0.717, 1.165) is 5.56 Å². The third-order valence-corrected chi connectivity index (χ3v) is 4.71. The molecule has 158 valence electrons. The molecule has 0 aliphatic rings. The molecule has 0 aliphatic carbocycles. The number of benzene rings is 2. The van der Waals surface area contributed by atoms with Crippen molar-refractivity contribution in [3.8, 4) is 11.3 Å². The lowest BCUT2D eigenvalue weighted by Gasteiger charge is -2.22. The minimum absolute atomic E-state index is 0.181. The van der Waals surface area contributed by atoms with Gasteiger partial charge in [-0.15, -0.1) is 0 Å². The molecular formula is C24H26FNO4. The first-order chi connectivity index (χ1) is 14.0. The Morgan fingerprint density at radius 2 is 1.83 bits per heavy atom. The van der Waals surface area contributed by atoms with Crippen molar-refractivity contribution in [1.82, 2.24) is 5.32 Å². The molecule has 1 N–H and O–H groups in total. The zero-order valence-corrected chi connectivity index (χ0v) is 18.1. The molecule has 6 heteroatoms. The van der Waals surface area contributed by atoms with Crippen molar-refractivity contribution >= 4 is 17.1 Å². The van der Waals surface area contributed by atoms with Crippen LogP contribution in [0.4, 0.5) is 9.18 Å². The molecule has 1 heterocycles. The van der Waals surface area contributed by atoms with Crippen LogP contribution in [-0.4, -0.2) is 11.7 Å². The molecule has 2 aromatic carbocycles. The predicted molar refractivity (Wildman–Crippen MR) is 115 cm³/mol. The number of alkyl carbamates (subject to hydrolysis) is 1. The standard InChI is InChI=1S/C24H26FNO4/c1-13-11-17(15(3)26-23(28)30-24(4,5)6)22-18(12-13)20(27)14(2)21(29-22)16-9-7-8-10-19(16)25/h7-12,15H,1-6H3,(H,26,28)/t15-/m1/s1. The van der Waals surface area contributed by atoms with Crippen LogP contribution in [-0.2, 0) is 4.74 Å². The van der Waals surface area contributed by atoms with Crippen LogP contribution >= 0.6 is 0 Å². The highest BCUT2D eigenvalue weighted by atomic mass is 19.1. The fourth-order valence-corrected chi connectivity index (χ4v) is 3.35. The number of nitrogens with one attached hydrogen (secondary N) is 1. The van der Waals surface area contributed by atoms with Gasteiger partial charge in [-0.25, -0.2) is 9.18 Å². The molecule has 5 nitrogen and oxygen atoms in total. The summed E-state index contributed by atoms with van der Waals surface area (Å²) in [6.07, 6.45) is -0.576. The van der Waals surface area contributed by atoms with Gasteiger partial charge in [0.25, 0.3) is 0 Å². The molecule has 0 unspecified atom stereocenters. The molecule has 3 aromatic rings. The van der Waals surface area contributed by atoms with Gasteiger partial charge in [-0.05, 0) is 65.3 Å². The van der Waals surface area contributed by atoms with Gasteiger partial charge in [-0.3, -0.25) is 4.79 Å². The first-order valence-corrected chi connectivity index (χ1v) is 9.80. The molecule has 0 bridgehead atoms. The van der Waals surface area contributed by atoms with Gasteiger partial charge < -0.3 is 14.5 Å². The summed E-state index contributed by atoms with van der Waals surface area (Å²) < 4.78 is 25.8. The first kappa shape index (κ1) is 21.6. The second kappa shape index (κ2) is 7.94. The first-order valence-electron chi connectivity index (χ1n) is 9.80. The molecule has 0 fully saturated rings. The van der Waals surface area contributed by atoms with E-state index in [0.29, 0.717) is 22.1 Å². The van der Waals surface area contributed by atoms with Crippen LogP contribution in [0.25, 0.3) is 22.3 Å². The van der Waals surface area contributed by atoms with E-state index in [4.69, 9.17) is 9.15 Å². The fraction of sp³-hybridized carbons (Fsp3) is 0.333. The Morgan fingerprint density at radius 3 is 2.47 bits per heavy atom. The number of carbonyl (C=O) groups is 1. The van der Waals surface area contributed by atoms with E-state index in [1.807, 2.05) is 13.0 Å². The summed E-state index contributed by atoms with van der Waals surface area (Å²) in [6, 6.07) is 9.24. The van der Waals surface area contributed by atoms with E-state index in [9.17, 15) is 14.0 Å². The summed E-state index contributed by atoms with van der Waals surface area (Å²) >= 11 is 0. The van der Waals surface area contributed by atoms with Gasteiger partial charge >= 0.3 is 6.09 Å². The van der Waals surface area contributed by atoms with E-state index in [2.05, 4.69) is 5.32 Å². The average molecular weight is 411 g/mol. The molecule has 0 aliphatic heterocycles. The van der Waals surface area contributed by atoms with E-state index in [-0.39, 0.29) is 16.8 Å². The zero-order chi connectivity index (χ0) is 22.2. The Labute approximate surface area is 174 Å². The highest BCUT2D eigenvalue weighted by Gasteiger charge is 2.23. The average Bonchev–Trinajstić information content (AvgIpc) is 2.63. The zero-order valence-electron chi connectivity index (χ0n) is 18.1. The van der Waals surface area contributed by atoms with Gasteiger partial charge in [-0.2, -0.15) is 0 Å². The Hall–Kier alpha value is -3.15. The summed E-state index contributed by atoms with van der Waals surface area (Å²) in [5.74, 6) is -0.295. The van der Waals surface area contributed by atoms with Gasteiger partial charge in [0.1, 0.15) is 22.8 Å². The number of halogens is 1. The fourth-order valence-electron chi connectivity index (χ4n) is 3.35. The Kier molecular flexibility index (Phi) is 5.70. The van der Waals surface area contributed by atoms with E-state index in [1.165, 1.54) is 6.07 Å². The quantitative estimate of drug-likeness (QED) is 0.591. The van der Waals surface area contributed by atoms with Crippen molar-refractivity contribution in [3.05, 3.63) is 69.1 Å². The number of fused-ring (bicyclic) bond motifs is 1. The molecule has 0 spiro atoms. The molecule has 1 atom stereocenters. The number of ether oxygens (including phenoxy) is 1. The molecule has 30 heavy (non-hydrogen) atoms. The van der Waals surface area contributed by atoms with Crippen LogP contribution in [0.5, 0.6) is 0 Å². The number of amides is 1. The summed E-state index contributed by atoms with van der Waals surface area (Å²) in [5, 5.41) is 3.17. The van der Waals surface area contributed by atoms with Crippen molar-refractivity contribution in [2.24, 2.45) is 0 Å². The lowest BCUT2D eigenvalue weighted by atomic mass is 9.99. The molecule has 0 saturated heterocycles. The van der Waals surface area contributed by atoms with Crippen LogP contribution in [0.15, 0.2) is 45.6 Å². The van der Waals surface area contributed by atoms with Crippen LogP contribution < -0.4 is 10.7 Å². The summed E-state index contributed by atoms with van der Waals surface area (Å²) in [4.78, 5) is 25.3. The predicted octanol–water partition coefficient (Wildman–Crippen LogP) is 5.80. The molecular weight excluding hydrogens is 385 g/mol. The lowest BCUT2D eigenvalue weighted by Crippen LogP contribution is -2.34. The highest BCUT2D eigenvalue weighted by molar-refractivity contribution is 5.84. The Morgan fingerprint density at radius 1 is 1.17 bits per heavy atom. The van der Waals surface area contributed by atoms with Crippen LogP contribution in [0, 0.1) is 19.7 Å². The Balaban J connectivity index is 2.17. The topological polar surface area (TPSA) is 68.5 Å². The van der Waals surface area contributed by atoms with Gasteiger partial charge in [0.15, 0.2) is 5.43 Å². The molecule has 3 rings (SSSR count). The van der Waals surface area contributed by atoms with Gasteiger partial charge in [0.05, 0.1) is 17.0 Å². The van der Waals surface area contributed by atoms with E-state index in [1.54, 1.807) is 58.9 Å². The minimum atomic E-state index is -0.639. The second-order valence-corrected chi connectivity index (χ2v) is 8.46. The van der Waals surface area contributed by atoms with Crippen molar-refractivity contribution in [2.75, 3.05) is 0 Å². The molecule has 1 aromatic heterocycles. The summed E-state index contributed by atoms with van der Waals surface area (Å²) in [5.41, 5.74) is 1.46. The number of aryl methyl sites for hydroxylation is 1. The van der Waals surface area contributed by atoms with Crippen molar-refractivity contribution in [3.63, 3.8) is 0 Å². The maximum atomic E-state index is 14.4. The SMILES string of the molecule is Cc1cc([C@@H](C)NC(=O)OC(C)(C)C)c2oc(-c3ccccc3F)c(C)c(=O)c2c1. The van der Waals surface area contributed by atoms with E-state index >= 15 is 0 Å². The number of hydrogen-bond acceptors (Lipinski definition) is 4. The van der Waals surface area contributed by atoms with Gasteiger partial charge in [0.2, 0.25) is 0 Å². The van der Waals surface area contributed by atoms with Crippen molar-refractivity contribution in [1.29, 1.82) is 0 Å². The summed E-state index contributed by atoms with van der Waals surface area (Å²) in [7, 11) is 0. The normalized spacial score (nSPS) is 12.6. The minimum Gasteiger partial charge on any atom is -0.455 e. The number of rotatable bonds is 3. The largest absolute Gasteiger partial charge is 0.455 e. The third-order valence-electron chi connectivity index (χ3n) is 4.71. The van der Waals surface area contributed by atoms with Gasteiger partial charge in [0, 0.05) is 11.1 Å². The number of carbonyl (C=O) groups excluding carboxylic acids is 1. The monoisotopic (exact) mass is 411 g/mol. The van der Waals surface area contributed by atoms with Crippen molar-refractivity contribution < 1.29 is 18.3 Å². The maximum Gasteiger partial charge on any atom is 0.408 e. The lowest BCUT2D eigenvalue weighted by molar-refractivity contribution is 0.0508. The van der Waals surface area contributed by atoms with Crippen LogP contribution in [0.2, 0.25) is 0 Å². The van der Waals surface area contributed by atoms with E-state index < -0.39 is 23.6 Å². The number of hydrogen-bond donors (Lipinski definition) is 1. The van der Waals surface area contributed by atoms with Crippen LogP contribution in [0.1, 0.15) is 50.4 Å². The van der Waals surface area contributed by atoms with Crippen molar-refractivity contribution in [2.45, 2.75) is 53.2 Å². The highest BCUT2D eigenvalue weighted by Crippen LogP contribution is 2.32. The second-order valence-electron chi connectivity index (χ2n) is 8.46. The Bertz CT molecular complexity index is 1170.